The summed E-state index contributed by atoms with van der Waals surface area (Å²) in [6.07, 6.45) is 2.00. The summed E-state index contributed by atoms with van der Waals surface area (Å²) in [4.78, 5) is 5.04. The van der Waals surface area contributed by atoms with Gasteiger partial charge in [-0.1, -0.05) is 91.0 Å². The van der Waals surface area contributed by atoms with Crippen LogP contribution < -0.4 is 0 Å². The van der Waals surface area contributed by atoms with Gasteiger partial charge in [-0.2, -0.15) is 5.26 Å². The molecule has 0 bridgehead atoms. The SMILES string of the molecule is N#Cc1cc2ccc3cc(-c4ccc(-c5ccc6ccc7cccc8ccc5c6c78)nc4)cc4c3c2c(c1)n4-c1ccccc1. The smallest absolute Gasteiger partial charge is 0.0992 e. The summed E-state index contributed by atoms with van der Waals surface area (Å²) in [5.74, 6) is 0. The summed E-state index contributed by atoms with van der Waals surface area (Å²) in [6.45, 7) is 0. The Bertz CT molecular complexity index is 2780. The number of aromatic nitrogens is 2. The summed E-state index contributed by atoms with van der Waals surface area (Å²) in [6, 6.07) is 49.8. The van der Waals surface area contributed by atoms with Gasteiger partial charge in [0.15, 0.2) is 0 Å². The lowest BCUT2D eigenvalue weighted by atomic mass is 9.91. The van der Waals surface area contributed by atoms with Gasteiger partial charge in [-0.3, -0.25) is 4.98 Å². The highest BCUT2D eigenvalue weighted by molar-refractivity contribution is 6.26. The first kappa shape index (κ1) is 24.2. The lowest BCUT2D eigenvalue weighted by Gasteiger charge is -2.14. The van der Waals surface area contributed by atoms with Crippen molar-refractivity contribution in [2.45, 2.75) is 0 Å². The molecule has 0 saturated heterocycles. The molecule has 0 amide bonds. The Morgan fingerprint density at radius 1 is 0.511 bits per heavy atom. The van der Waals surface area contributed by atoms with Crippen molar-refractivity contribution in [1.29, 1.82) is 5.26 Å². The van der Waals surface area contributed by atoms with Crippen LogP contribution in [0, 0.1) is 11.3 Å². The second-order valence-corrected chi connectivity index (χ2v) is 11.9. The van der Waals surface area contributed by atoms with Gasteiger partial charge in [-0.05, 0) is 91.1 Å². The number of pyridine rings is 1. The van der Waals surface area contributed by atoms with E-state index in [1.807, 2.05) is 24.4 Å². The molecule has 0 atom stereocenters. The van der Waals surface area contributed by atoms with Gasteiger partial charge in [-0.25, -0.2) is 0 Å². The summed E-state index contributed by atoms with van der Waals surface area (Å²) in [7, 11) is 0. The van der Waals surface area contributed by atoms with Crippen molar-refractivity contribution in [2.24, 2.45) is 0 Å². The lowest BCUT2D eigenvalue weighted by molar-refractivity contribution is 1.18. The molecular weight excluding hydrogens is 546 g/mol. The Labute approximate surface area is 258 Å². The molecule has 0 N–H and O–H groups in total. The van der Waals surface area contributed by atoms with E-state index in [1.165, 1.54) is 48.5 Å². The van der Waals surface area contributed by atoms with E-state index < -0.39 is 0 Å². The minimum atomic E-state index is 0.664. The predicted octanol–water partition coefficient (Wildman–Crippen LogP) is 10.9. The van der Waals surface area contributed by atoms with Crippen molar-refractivity contribution in [3.8, 4) is 34.1 Å². The standard InChI is InChI=1S/C42H23N3/c43-23-25-19-29-11-12-30-21-32(22-38-42(30)41(29)37(20-25)45(38)33-7-2-1-3-8-33)31-15-18-36(44-24-31)34-16-13-28-10-9-26-5-4-6-27-14-17-35(34)40(28)39(26)27/h1-22,24H. The zero-order chi connectivity index (χ0) is 29.6. The third-order valence-electron chi connectivity index (χ3n) is 9.52. The molecule has 0 aliphatic carbocycles. The fourth-order valence-corrected chi connectivity index (χ4v) is 7.54. The van der Waals surface area contributed by atoms with Crippen LogP contribution in [0.5, 0.6) is 0 Å². The Hall–Kier alpha value is -6.24. The molecule has 10 aromatic rings. The Morgan fingerprint density at radius 3 is 1.96 bits per heavy atom. The van der Waals surface area contributed by atoms with Crippen LogP contribution in [0.25, 0.3) is 93.0 Å². The van der Waals surface area contributed by atoms with Gasteiger partial charge < -0.3 is 4.57 Å². The average Bonchev–Trinajstić information content (AvgIpc) is 3.44. The van der Waals surface area contributed by atoms with E-state index >= 15 is 0 Å². The molecule has 0 fully saturated rings. The molecule has 206 valence electrons. The van der Waals surface area contributed by atoms with Crippen molar-refractivity contribution >= 4 is 64.9 Å². The first-order valence-electron chi connectivity index (χ1n) is 15.2. The molecule has 0 aliphatic rings. The van der Waals surface area contributed by atoms with Gasteiger partial charge in [0.1, 0.15) is 0 Å². The second-order valence-electron chi connectivity index (χ2n) is 11.9. The predicted molar refractivity (Wildman–Crippen MR) is 187 cm³/mol. The van der Waals surface area contributed by atoms with E-state index in [-0.39, 0.29) is 0 Å². The quantitative estimate of drug-likeness (QED) is 0.199. The second kappa shape index (κ2) is 8.89. The molecule has 8 aromatic carbocycles. The fourth-order valence-electron chi connectivity index (χ4n) is 7.54. The van der Waals surface area contributed by atoms with E-state index in [9.17, 15) is 5.26 Å². The van der Waals surface area contributed by atoms with Crippen LogP contribution >= 0.6 is 0 Å². The summed E-state index contributed by atoms with van der Waals surface area (Å²) in [5.41, 5.74) is 8.20. The molecular formula is C42H23N3. The van der Waals surface area contributed by atoms with Crippen LogP contribution in [-0.2, 0) is 0 Å². The van der Waals surface area contributed by atoms with E-state index in [4.69, 9.17) is 4.98 Å². The molecule has 0 unspecified atom stereocenters. The number of hydrogen-bond acceptors (Lipinski definition) is 2. The Kier molecular flexibility index (Phi) is 4.79. The highest BCUT2D eigenvalue weighted by Gasteiger charge is 2.19. The van der Waals surface area contributed by atoms with Crippen LogP contribution in [0.2, 0.25) is 0 Å². The largest absolute Gasteiger partial charge is 0.309 e. The normalized spacial score (nSPS) is 12.0. The molecule has 2 heterocycles. The zero-order valence-electron chi connectivity index (χ0n) is 24.1. The minimum absolute atomic E-state index is 0.664. The topological polar surface area (TPSA) is 41.6 Å². The number of nitriles is 1. The number of benzene rings is 8. The highest BCUT2D eigenvalue weighted by Crippen LogP contribution is 2.42. The van der Waals surface area contributed by atoms with Crippen LogP contribution in [0.15, 0.2) is 140 Å². The number of hydrogen-bond donors (Lipinski definition) is 0. The van der Waals surface area contributed by atoms with Gasteiger partial charge in [0.25, 0.3) is 0 Å². The van der Waals surface area contributed by atoms with Crippen LogP contribution in [0.3, 0.4) is 0 Å². The number of rotatable bonds is 3. The van der Waals surface area contributed by atoms with Crippen molar-refractivity contribution < 1.29 is 0 Å². The van der Waals surface area contributed by atoms with Crippen molar-refractivity contribution in [1.82, 2.24) is 9.55 Å². The van der Waals surface area contributed by atoms with Crippen LogP contribution in [-0.4, -0.2) is 9.55 Å². The van der Waals surface area contributed by atoms with E-state index in [0.29, 0.717) is 5.56 Å². The van der Waals surface area contributed by atoms with Crippen molar-refractivity contribution in [3.05, 3.63) is 145 Å². The molecule has 45 heavy (non-hydrogen) atoms. The van der Waals surface area contributed by atoms with Gasteiger partial charge in [0, 0.05) is 33.8 Å². The highest BCUT2D eigenvalue weighted by atomic mass is 15.0. The number of nitrogens with zero attached hydrogens (tertiary/aromatic N) is 3. The van der Waals surface area contributed by atoms with Gasteiger partial charge in [0.2, 0.25) is 0 Å². The third kappa shape index (κ3) is 3.37. The molecule has 3 heteroatoms. The summed E-state index contributed by atoms with van der Waals surface area (Å²) in [5, 5.41) is 22.1. The first-order valence-corrected chi connectivity index (χ1v) is 15.2. The maximum atomic E-state index is 9.81. The van der Waals surface area contributed by atoms with Gasteiger partial charge in [0.05, 0.1) is 28.4 Å². The summed E-state index contributed by atoms with van der Waals surface area (Å²) >= 11 is 0. The maximum absolute atomic E-state index is 9.81. The monoisotopic (exact) mass is 569 g/mol. The van der Waals surface area contributed by atoms with E-state index in [0.717, 1.165) is 44.5 Å². The molecule has 3 nitrogen and oxygen atoms in total. The molecule has 0 aliphatic heterocycles. The average molecular weight is 570 g/mol. The van der Waals surface area contributed by atoms with Gasteiger partial charge >= 0.3 is 0 Å². The zero-order valence-corrected chi connectivity index (χ0v) is 24.1. The molecule has 0 saturated carbocycles. The summed E-state index contributed by atoms with van der Waals surface area (Å²) < 4.78 is 2.29. The molecule has 2 aromatic heterocycles. The van der Waals surface area contributed by atoms with Gasteiger partial charge in [-0.15, -0.1) is 0 Å². The fraction of sp³-hybridized carbons (Fsp3) is 0. The van der Waals surface area contributed by atoms with E-state index in [1.54, 1.807) is 0 Å². The van der Waals surface area contributed by atoms with Crippen LogP contribution in [0.4, 0.5) is 0 Å². The first-order chi connectivity index (χ1) is 22.2. The third-order valence-corrected chi connectivity index (χ3v) is 9.52. The Morgan fingerprint density at radius 2 is 1.20 bits per heavy atom. The van der Waals surface area contributed by atoms with Crippen molar-refractivity contribution in [2.75, 3.05) is 0 Å². The maximum Gasteiger partial charge on any atom is 0.0992 e. The lowest BCUT2D eigenvalue weighted by Crippen LogP contribution is -1.94. The number of para-hydroxylation sites is 1. The molecule has 0 radical (unpaired) electrons. The van der Waals surface area contributed by atoms with E-state index in [2.05, 4.69) is 126 Å². The van der Waals surface area contributed by atoms with Crippen LogP contribution in [0.1, 0.15) is 5.56 Å². The van der Waals surface area contributed by atoms with Crippen molar-refractivity contribution in [3.63, 3.8) is 0 Å². The Balaban J connectivity index is 1.17. The molecule has 0 spiro atoms. The minimum Gasteiger partial charge on any atom is -0.309 e. The molecule has 10 rings (SSSR count).